The van der Waals surface area contributed by atoms with Gasteiger partial charge in [-0.25, -0.2) is 0 Å². The molecule has 2 aromatic carbocycles. The lowest BCUT2D eigenvalue weighted by Crippen LogP contribution is -2.20. The second kappa shape index (κ2) is 10.3. The Labute approximate surface area is 238 Å². The summed E-state index contributed by atoms with van der Waals surface area (Å²) in [5.74, 6) is 1.78. The fraction of sp³-hybridized carbons (Fsp3) is 0.647. The van der Waals surface area contributed by atoms with E-state index in [9.17, 15) is 9.46 Å². The highest BCUT2D eigenvalue weighted by molar-refractivity contribution is 7.59. The van der Waals surface area contributed by atoms with E-state index >= 15 is 0 Å². The Morgan fingerprint density at radius 3 is 1.00 bits per heavy atom. The van der Waals surface area contributed by atoms with E-state index in [-0.39, 0.29) is 21.7 Å². The summed E-state index contributed by atoms with van der Waals surface area (Å²) >= 11 is 0. The third-order valence-electron chi connectivity index (χ3n) is 8.24. The van der Waals surface area contributed by atoms with E-state index in [4.69, 9.17) is 9.47 Å². The van der Waals surface area contributed by atoms with E-state index in [0.29, 0.717) is 12.8 Å². The lowest BCUT2D eigenvalue weighted by molar-refractivity contribution is 0.380. The lowest BCUT2D eigenvalue weighted by Gasteiger charge is -2.32. The second-order valence-corrected chi connectivity index (χ2v) is 18.2. The molecule has 1 fully saturated rings. The highest BCUT2D eigenvalue weighted by Gasteiger charge is 2.48. The fourth-order valence-electron chi connectivity index (χ4n) is 6.02. The molecule has 3 rings (SSSR count). The van der Waals surface area contributed by atoms with Crippen LogP contribution in [-0.2, 0) is 26.2 Å². The van der Waals surface area contributed by atoms with Crippen molar-refractivity contribution in [1.29, 1.82) is 0 Å². The molecule has 0 radical (unpaired) electrons. The van der Waals surface area contributed by atoms with Crippen LogP contribution in [0, 0.1) is 0 Å². The molecule has 5 heteroatoms. The molecule has 1 saturated heterocycles. The zero-order valence-corrected chi connectivity index (χ0v) is 27.9. The Kier molecular flexibility index (Phi) is 8.35. The largest absolute Gasteiger partial charge is 0.496 e. The zero-order chi connectivity index (χ0) is 29.9. The predicted molar refractivity (Wildman–Crippen MR) is 165 cm³/mol. The highest BCUT2D eigenvalue weighted by Crippen LogP contribution is 2.74. The molecule has 0 unspecified atom stereocenters. The minimum Gasteiger partial charge on any atom is -0.496 e. The van der Waals surface area contributed by atoms with Crippen LogP contribution in [0.2, 0.25) is 0 Å². The summed E-state index contributed by atoms with van der Waals surface area (Å²) in [6, 6.07) is 8.55. The Bertz CT molecular complexity index is 1100. The summed E-state index contributed by atoms with van der Waals surface area (Å²) in [7, 11) is -0.170. The van der Waals surface area contributed by atoms with Crippen molar-refractivity contribution in [2.75, 3.05) is 14.2 Å². The third-order valence-corrected chi connectivity index (χ3v) is 11.1. The second-order valence-electron chi connectivity index (χ2n) is 15.6. The van der Waals surface area contributed by atoms with Gasteiger partial charge in [-0.15, -0.1) is 0 Å². The first-order chi connectivity index (χ1) is 17.5. The number of hydrogen-bond acceptors (Lipinski definition) is 3. The Morgan fingerprint density at radius 2 is 0.821 bits per heavy atom. The van der Waals surface area contributed by atoms with Crippen LogP contribution >= 0.6 is 7.37 Å². The van der Waals surface area contributed by atoms with Gasteiger partial charge in [0, 0.05) is 22.3 Å². The van der Waals surface area contributed by atoms with Gasteiger partial charge in [-0.1, -0.05) is 107 Å². The zero-order valence-electron chi connectivity index (χ0n) is 27.0. The molecular formula is C34H53O4P. The Balaban J connectivity index is 2.24. The molecule has 4 nitrogen and oxygen atoms in total. The molecule has 0 amide bonds. The van der Waals surface area contributed by atoms with E-state index in [0.717, 1.165) is 44.9 Å². The molecule has 2 atom stereocenters. The minimum absolute atomic E-state index is 0.169. The maximum atomic E-state index is 14.5. The first-order valence-corrected chi connectivity index (χ1v) is 16.1. The minimum atomic E-state index is -3.62. The fourth-order valence-corrected chi connectivity index (χ4v) is 8.64. The van der Waals surface area contributed by atoms with Crippen LogP contribution in [0.25, 0.3) is 0 Å². The van der Waals surface area contributed by atoms with Crippen molar-refractivity contribution >= 4 is 7.37 Å². The molecule has 0 spiro atoms. The number of ether oxygens (including phenoxy) is 2. The van der Waals surface area contributed by atoms with E-state index < -0.39 is 18.7 Å². The molecule has 2 aromatic rings. The molecule has 1 heterocycles. The van der Waals surface area contributed by atoms with Crippen molar-refractivity contribution in [1.82, 2.24) is 0 Å². The van der Waals surface area contributed by atoms with Gasteiger partial charge in [-0.2, -0.15) is 0 Å². The molecule has 39 heavy (non-hydrogen) atoms. The first-order valence-electron chi connectivity index (χ1n) is 14.3. The van der Waals surface area contributed by atoms with Gasteiger partial charge in [0.25, 0.3) is 0 Å². The first kappa shape index (κ1) is 31.8. The van der Waals surface area contributed by atoms with Crippen molar-refractivity contribution in [3.05, 3.63) is 57.6 Å². The number of rotatable bonds is 4. The van der Waals surface area contributed by atoms with Crippen molar-refractivity contribution in [2.45, 2.75) is 129 Å². The van der Waals surface area contributed by atoms with Gasteiger partial charge >= 0.3 is 0 Å². The maximum Gasteiger partial charge on any atom is 0.215 e. The summed E-state index contributed by atoms with van der Waals surface area (Å²) in [5, 5.41) is 0. The lowest BCUT2D eigenvalue weighted by atomic mass is 9.77. The van der Waals surface area contributed by atoms with Crippen LogP contribution in [0.15, 0.2) is 24.3 Å². The molecule has 1 N–H and O–H groups in total. The average molecular weight is 557 g/mol. The molecule has 0 saturated carbocycles. The van der Waals surface area contributed by atoms with Gasteiger partial charge in [-0.3, -0.25) is 4.57 Å². The highest BCUT2D eigenvalue weighted by atomic mass is 31.2. The van der Waals surface area contributed by atoms with Crippen LogP contribution in [0.4, 0.5) is 0 Å². The maximum absolute atomic E-state index is 14.5. The van der Waals surface area contributed by atoms with Crippen LogP contribution in [0.5, 0.6) is 11.5 Å². The van der Waals surface area contributed by atoms with Gasteiger partial charge in [0.1, 0.15) is 11.5 Å². The number of methoxy groups -OCH3 is 2. The summed E-state index contributed by atoms with van der Waals surface area (Å²) < 4.78 is 26.4. The van der Waals surface area contributed by atoms with E-state index in [1.807, 2.05) is 0 Å². The summed E-state index contributed by atoms with van der Waals surface area (Å²) in [4.78, 5) is 11.9. The third kappa shape index (κ3) is 6.13. The topological polar surface area (TPSA) is 55.8 Å². The monoisotopic (exact) mass is 556 g/mol. The molecular weight excluding hydrogens is 503 g/mol. The van der Waals surface area contributed by atoms with E-state index in [2.05, 4.69) is 107 Å². The van der Waals surface area contributed by atoms with Crippen LogP contribution in [0.1, 0.15) is 141 Å². The number of hydrogen-bond donors (Lipinski definition) is 1. The SMILES string of the molecule is COc1c(C(C)(C)C)cc([C@@H]2CC[C@@H](c3cc(C(C)(C)C)c(OC)c(C(C)(C)C)c3)P2(=O)O)cc1C(C)(C)C. The Morgan fingerprint density at radius 1 is 0.590 bits per heavy atom. The molecule has 1 aliphatic heterocycles. The molecule has 0 aliphatic carbocycles. The molecule has 0 bridgehead atoms. The van der Waals surface area contributed by atoms with Gasteiger partial charge < -0.3 is 14.4 Å². The van der Waals surface area contributed by atoms with E-state index in [1.165, 1.54) is 0 Å². The van der Waals surface area contributed by atoms with Gasteiger partial charge in [0.2, 0.25) is 7.37 Å². The number of benzene rings is 2. The van der Waals surface area contributed by atoms with Crippen LogP contribution in [-0.4, -0.2) is 19.1 Å². The van der Waals surface area contributed by atoms with E-state index in [1.54, 1.807) is 14.2 Å². The van der Waals surface area contributed by atoms with Crippen LogP contribution < -0.4 is 9.47 Å². The molecule has 218 valence electrons. The summed E-state index contributed by atoms with van der Waals surface area (Å²) in [6.07, 6.45) is 1.36. The predicted octanol–water partition coefficient (Wildman–Crippen LogP) is 9.74. The summed E-state index contributed by atoms with van der Waals surface area (Å²) in [5.41, 5.74) is 4.78. The quantitative estimate of drug-likeness (QED) is 0.381. The Hall–Kier alpha value is -1.77. The van der Waals surface area contributed by atoms with Crippen LogP contribution in [0.3, 0.4) is 0 Å². The van der Waals surface area contributed by atoms with Gasteiger partial charge in [0.15, 0.2) is 0 Å². The van der Waals surface area contributed by atoms with Crippen molar-refractivity contribution in [3.63, 3.8) is 0 Å². The van der Waals surface area contributed by atoms with Crippen molar-refractivity contribution < 1.29 is 18.9 Å². The van der Waals surface area contributed by atoms with Gasteiger partial charge in [0.05, 0.1) is 25.5 Å². The van der Waals surface area contributed by atoms with Crippen molar-refractivity contribution in [2.24, 2.45) is 0 Å². The molecule has 1 aliphatic rings. The smallest absolute Gasteiger partial charge is 0.215 e. The van der Waals surface area contributed by atoms with Crippen molar-refractivity contribution in [3.8, 4) is 11.5 Å². The molecule has 0 aromatic heterocycles. The average Bonchev–Trinajstić information content (AvgIpc) is 3.09. The normalized spacial score (nSPS) is 20.3. The standard InChI is InChI=1S/C34H53O4P/c1-31(2,3)23-17-21(18-24(29(23)37-13)32(4,5)6)27-15-16-28(39(27,35)36)22-19-25(33(7,8)9)30(38-14)26(20-22)34(10,11)12/h17-20,27-28H,15-16H2,1-14H3,(H,35,36)/t27-,28-/m0/s1. The van der Waals surface area contributed by atoms with Gasteiger partial charge in [-0.05, 0) is 45.6 Å². The summed E-state index contributed by atoms with van der Waals surface area (Å²) in [6.45, 7) is 26.1.